The molecular formula is C26H37N5O7. The van der Waals surface area contributed by atoms with Gasteiger partial charge in [-0.15, -0.1) is 0 Å². The van der Waals surface area contributed by atoms with Crippen molar-refractivity contribution in [2.45, 2.75) is 31.8 Å². The summed E-state index contributed by atoms with van der Waals surface area (Å²) in [6.07, 6.45) is 0.636. The van der Waals surface area contributed by atoms with Gasteiger partial charge >= 0.3 is 0 Å². The number of fused-ring (bicyclic) bond motifs is 1. The van der Waals surface area contributed by atoms with Crippen molar-refractivity contribution in [1.29, 1.82) is 0 Å². The van der Waals surface area contributed by atoms with Gasteiger partial charge in [0, 0.05) is 62.5 Å². The third kappa shape index (κ3) is 7.81. The van der Waals surface area contributed by atoms with Crippen LogP contribution in [0.5, 0.6) is 0 Å². The lowest BCUT2D eigenvalue weighted by molar-refractivity contribution is -0.137. The lowest BCUT2D eigenvalue weighted by Gasteiger charge is -2.29. The van der Waals surface area contributed by atoms with Crippen LogP contribution in [-0.2, 0) is 35.1 Å². The Morgan fingerprint density at radius 2 is 1.68 bits per heavy atom. The van der Waals surface area contributed by atoms with Gasteiger partial charge in [-0.2, -0.15) is 0 Å². The second kappa shape index (κ2) is 14.3. The van der Waals surface area contributed by atoms with Gasteiger partial charge < -0.3 is 29.7 Å². The number of nitrogens with zero attached hydrogens (tertiary/aromatic N) is 2. The molecule has 0 saturated carbocycles. The van der Waals surface area contributed by atoms with Crippen molar-refractivity contribution in [3.8, 4) is 0 Å². The SMILES string of the molecule is O=C1CCC(N2Cc3c(NC(=O)CCOCCOCCOCCN4CCNCC4)cccc3C2=O)C(=O)N1. The van der Waals surface area contributed by atoms with E-state index in [4.69, 9.17) is 14.2 Å². The van der Waals surface area contributed by atoms with E-state index in [2.05, 4.69) is 20.9 Å². The molecule has 12 heteroatoms. The Hall–Kier alpha value is -2.90. The van der Waals surface area contributed by atoms with Gasteiger partial charge in [0.2, 0.25) is 17.7 Å². The molecule has 1 aromatic carbocycles. The summed E-state index contributed by atoms with van der Waals surface area (Å²) in [5.74, 6) is -1.31. The number of hydrogen-bond acceptors (Lipinski definition) is 9. The molecule has 0 aromatic heterocycles. The van der Waals surface area contributed by atoms with E-state index in [0.717, 1.165) is 32.7 Å². The number of carbonyl (C=O) groups excluding carboxylic acids is 4. The number of amides is 4. The van der Waals surface area contributed by atoms with Gasteiger partial charge in [-0.1, -0.05) is 6.07 Å². The zero-order chi connectivity index (χ0) is 26.7. The molecule has 3 aliphatic heterocycles. The summed E-state index contributed by atoms with van der Waals surface area (Å²) in [4.78, 5) is 52.9. The second-order valence-electron chi connectivity index (χ2n) is 9.46. The maximum absolute atomic E-state index is 12.9. The number of ether oxygens (including phenoxy) is 3. The summed E-state index contributed by atoms with van der Waals surface area (Å²) < 4.78 is 16.6. The van der Waals surface area contributed by atoms with Gasteiger partial charge in [-0.25, -0.2) is 0 Å². The van der Waals surface area contributed by atoms with Gasteiger partial charge in [-0.05, 0) is 18.6 Å². The molecule has 0 radical (unpaired) electrons. The van der Waals surface area contributed by atoms with Crippen LogP contribution in [0.25, 0.3) is 0 Å². The molecule has 2 fully saturated rings. The highest BCUT2D eigenvalue weighted by atomic mass is 16.5. The van der Waals surface area contributed by atoms with Gasteiger partial charge in [-0.3, -0.25) is 29.4 Å². The van der Waals surface area contributed by atoms with Crippen LogP contribution in [-0.4, -0.2) is 112 Å². The third-order valence-corrected chi connectivity index (χ3v) is 6.84. The van der Waals surface area contributed by atoms with Crippen LogP contribution in [0.2, 0.25) is 0 Å². The topological polar surface area (TPSA) is 139 Å². The van der Waals surface area contributed by atoms with Crippen molar-refractivity contribution in [1.82, 2.24) is 20.4 Å². The Balaban J connectivity index is 1.08. The van der Waals surface area contributed by atoms with Crippen LogP contribution >= 0.6 is 0 Å². The molecule has 3 heterocycles. The molecule has 0 spiro atoms. The number of anilines is 1. The number of nitrogens with one attached hydrogen (secondary N) is 3. The number of rotatable bonds is 14. The minimum atomic E-state index is -0.698. The normalized spacial score (nSPS) is 19.9. The van der Waals surface area contributed by atoms with Crippen molar-refractivity contribution in [2.24, 2.45) is 0 Å². The van der Waals surface area contributed by atoms with Crippen molar-refractivity contribution in [2.75, 3.05) is 77.7 Å². The fourth-order valence-electron chi connectivity index (χ4n) is 4.75. The predicted octanol–water partition coefficient (Wildman–Crippen LogP) is -0.269. The molecule has 3 aliphatic rings. The van der Waals surface area contributed by atoms with Gasteiger partial charge in [0.05, 0.1) is 46.1 Å². The van der Waals surface area contributed by atoms with Crippen LogP contribution in [0.4, 0.5) is 5.69 Å². The largest absolute Gasteiger partial charge is 0.379 e. The van der Waals surface area contributed by atoms with Crippen LogP contribution < -0.4 is 16.0 Å². The number of benzene rings is 1. The fraction of sp³-hybridized carbons (Fsp3) is 0.615. The molecule has 38 heavy (non-hydrogen) atoms. The number of carbonyl (C=O) groups is 4. The van der Waals surface area contributed by atoms with Crippen molar-refractivity contribution in [3.63, 3.8) is 0 Å². The zero-order valence-corrected chi connectivity index (χ0v) is 21.7. The zero-order valence-electron chi connectivity index (χ0n) is 21.7. The van der Waals surface area contributed by atoms with E-state index >= 15 is 0 Å². The molecule has 1 aromatic rings. The van der Waals surface area contributed by atoms with Crippen LogP contribution in [0, 0.1) is 0 Å². The average molecular weight is 532 g/mol. The first-order valence-corrected chi connectivity index (χ1v) is 13.3. The van der Waals surface area contributed by atoms with Gasteiger partial charge in [0.15, 0.2) is 0 Å². The molecule has 2 saturated heterocycles. The summed E-state index contributed by atoms with van der Waals surface area (Å²) in [5, 5.41) is 8.47. The van der Waals surface area contributed by atoms with E-state index in [1.54, 1.807) is 18.2 Å². The molecule has 3 N–H and O–H groups in total. The smallest absolute Gasteiger partial charge is 0.255 e. The van der Waals surface area contributed by atoms with Crippen molar-refractivity contribution in [3.05, 3.63) is 29.3 Å². The van der Waals surface area contributed by atoms with Crippen molar-refractivity contribution < 1.29 is 33.4 Å². The Bertz CT molecular complexity index is 998. The Labute approximate surface area is 222 Å². The lowest BCUT2D eigenvalue weighted by Crippen LogP contribution is -2.52. The van der Waals surface area contributed by atoms with Crippen LogP contribution in [0.3, 0.4) is 0 Å². The first-order chi connectivity index (χ1) is 18.5. The van der Waals surface area contributed by atoms with E-state index < -0.39 is 11.9 Å². The summed E-state index contributed by atoms with van der Waals surface area (Å²) in [6, 6.07) is 4.41. The maximum Gasteiger partial charge on any atom is 0.255 e. The fourth-order valence-corrected chi connectivity index (χ4v) is 4.75. The number of imide groups is 1. The predicted molar refractivity (Wildman–Crippen MR) is 138 cm³/mol. The van der Waals surface area contributed by atoms with Gasteiger partial charge in [0.1, 0.15) is 6.04 Å². The Kier molecular flexibility index (Phi) is 10.6. The molecule has 1 atom stereocenters. The molecule has 12 nitrogen and oxygen atoms in total. The monoisotopic (exact) mass is 531 g/mol. The second-order valence-corrected chi connectivity index (χ2v) is 9.46. The van der Waals surface area contributed by atoms with E-state index in [0.29, 0.717) is 49.8 Å². The van der Waals surface area contributed by atoms with E-state index in [9.17, 15) is 19.2 Å². The molecule has 1 unspecified atom stereocenters. The molecular weight excluding hydrogens is 494 g/mol. The summed E-state index contributed by atoms with van der Waals surface area (Å²) in [5.41, 5.74) is 1.66. The molecule has 0 bridgehead atoms. The summed E-state index contributed by atoms with van der Waals surface area (Å²) in [7, 11) is 0. The summed E-state index contributed by atoms with van der Waals surface area (Å²) >= 11 is 0. The summed E-state index contributed by atoms with van der Waals surface area (Å²) in [6.45, 7) is 8.11. The van der Waals surface area contributed by atoms with Gasteiger partial charge in [0.25, 0.3) is 5.91 Å². The van der Waals surface area contributed by atoms with E-state index in [1.807, 2.05) is 0 Å². The standard InChI is InChI=1S/C26H37N5O7/c32-23-5-4-22(25(34)29-23)31-18-20-19(26(31)35)2-1-3-21(20)28-24(33)6-12-36-14-16-38-17-15-37-13-11-30-9-7-27-8-10-30/h1-3,22,27H,4-18H2,(H,28,33)(H,29,32,34). The van der Waals surface area contributed by atoms with Crippen LogP contribution in [0.15, 0.2) is 18.2 Å². The highest BCUT2D eigenvalue weighted by Gasteiger charge is 2.39. The molecule has 4 amide bonds. The van der Waals surface area contributed by atoms with E-state index in [-0.39, 0.29) is 50.1 Å². The first kappa shape index (κ1) is 28.1. The lowest BCUT2D eigenvalue weighted by atomic mass is 10.0. The van der Waals surface area contributed by atoms with Crippen molar-refractivity contribution >= 4 is 29.3 Å². The number of piperazine rings is 1. The molecule has 0 aliphatic carbocycles. The van der Waals surface area contributed by atoms with E-state index in [1.165, 1.54) is 4.90 Å². The first-order valence-electron chi connectivity index (χ1n) is 13.3. The maximum atomic E-state index is 12.9. The minimum absolute atomic E-state index is 0.156. The highest BCUT2D eigenvalue weighted by Crippen LogP contribution is 2.32. The Morgan fingerprint density at radius 3 is 2.42 bits per heavy atom. The quantitative estimate of drug-likeness (QED) is 0.219. The third-order valence-electron chi connectivity index (χ3n) is 6.84. The number of piperidine rings is 1. The average Bonchev–Trinajstić information content (AvgIpc) is 3.25. The highest BCUT2D eigenvalue weighted by molar-refractivity contribution is 6.06. The number of hydrogen-bond donors (Lipinski definition) is 3. The molecule has 4 rings (SSSR count). The molecule has 208 valence electrons. The Morgan fingerprint density at radius 1 is 0.974 bits per heavy atom. The van der Waals surface area contributed by atoms with Crippen LogP contribution in [0.1, 0.15) is 35.2 Å². The minimum Gasteiger partial charge on any atom is -0.379 e.